The van der Waals surface area contributed by atoms with Gasteiger partial charge in [-0.05, 0) is 5.92 Å². The number of rotatable bonds is 10. The predicted molar refractivity (Wildman–Crippen MR) is 110 cm³/mol. The zero-order valence-electron chi connectivity index (χ0n) is 17.5. The van der Waals surface area contributed by atoms with Crippen LogP contribution in [0.3, 0.4) is 0 Å². The molecular formula is C20H37N5O3. The molecular weight excluding hydrogens is 358 g/mol. The Kier molecular flexibility index (Phi) is 9.91. The fourth-order valence-corrected chi connectivity index (χ4v) is 3.62. The number of piperazine rings is 1. The Morgan fingerprint density at radius 1 is 1.04 bits per heavy atom. The topological polar surface area (TPSA) is 77.2 Å². The van der Waals surface area contributed by atoms with Crippen LogP contribution < -0.4 is 10.6 Å². The van der Waals surface area contributed by atoms with Crippen LogP contribution in [-0.2, 0) is 14.3 Å². The van der Waals surface area contributed by atoms with Gasteiger partial charge in [0.2, 0.25) is 11.8 Å². The minimum Gasteiger partial charge on any atom is -0.374 e. The van der Waals surface area contributed by atoms with E-state index in [1.165, 1.54) is 0 Å². The molecule has 8 heteroatoms. The fraction of sp³-hybridized carbons (Fsp3) is 0.800. The molecule has 0 bridgehead atoms. The number of carbonyl (C=O) groups is 2. The highest BCUT2D eigenvalue weighted by molar-refractivity contribution is 5.78. The average Bonchev–Trinajstić information content (AvgIpc) is 2.66. The molecule has 2 rings (SSSR count). The summed E-state index contributed by atoms with van der Waals surface area (Å²) in [5.74, 6) is 0.701. The van der Waals surface area contributed by atoms with Crippen LogP contribution in [0.25, 0.3) is 0 Å². The Bertz CT molecular complexity index is 506. The molecule has 160 valence electrons. The van der Waals surface area contributed by atoms with Gasteiger partial charge in [-0.15, -0.1) is 6.58 Å². The van der Waals surface area contributed by atoms with Crippen LogP contribution in [0.5, 0.6) is 0 Å². The fourth-order valence-electron chi connectivity index (χ4n) is 3.62. The maximum absolute atomic E-state index is 12.3. The number of hydrogen-bond donors (Lipinski definition) is 2. The molecule has 2 fully saturated rings. The summed E-state index contributed by atoms with van der Waals surface area (Å²) in [6, 6.07) is 0. The summed E-state index contributed by atoms with van der Waals surface area (Å²) in [5.41, 5.74) is 0. The van der Waals surface area contributed by atoms with Crippen molar-refractivity contribution in [1.82, 2.24) is 25.3 Å². The Morgan fingerprint density at radius 3 is 2.21 bits per heavy atom. The van der Waals surface area contributed by atoms with E-state index in [0.29, 0.717) is 32.1 Å². The number of carbonyl (C=O) groups excluding carboxylic acids is 2. The lowest BCUT2D eigenvalue weighted by Crippen LogP contribution is -2.53. The normalized spacial score (nSPS) is 22.2. The molecule has 0 aromatic rings. The third-order valence-corrected chi connectivity index (χ3v) is 5.02. The molecule has 1 unspecified atom stereocenters. The number of nitrogens with zero attached hydrogens (tertiary/aromatic N) is 3. The Hall–Kier alpha value is -1.48. The van der Waals surface area contributed by atoms with E-state index in [4.69, 9.17) is 4.74 Å². The van der Waals surface area contributed by atoms with Crippen LogP contribution in [0.2, 0.25) is 0 Å². The van der Waals surface area contributed by atoms with Crippen LogP contribution in [0, 0.1) is 5.92 Å². The second-order valence-electron chi connectivity index (χ2n) is 8.10. The Morgan fingerprint density at radius 2 is 1.64 bits per heavy atom. The summed E-state index contributed by atoms with van der Waals surface area (Å²) in [6.45, 7) is 16.7. The van der Waals surface area contributed by atoms with Crippen LogP contribution in [-0.4, -0.2) is 111 Å². The third kappa shape index (κ3) is 8.68. The monoisotopic (exact) mass is 395 g/mol. The molecule has 2 aliphatic heterocycles. The van der Waals surface area contributed by atoms with Gasteiger partial charge in [0.25, 0.3) is 0 Å². The first-order valence-corrected chi connectivity index (χ1v) is 10.4. The molecule has 28 heavy (non-hydrogen) atoms. The summed E-state index contributed by atoms with van der Waals surface area (Å²) in [4.78, 5) is 30.7. The first-order valence-electron chi connectivity index (χ1n) is 10.4. The highest BCUT2D eigenvalue weighted by Gasteiger charge is 2.23. The van der Waals surface area contributed by atoms with Gasteiger partial charge in [-0.2, -0.15) is 0 Å². The van der Waals surface area contributed by atoms with Crippen molar-refractivity contribution in [1.29, 1.82) is 0 Å². The predicted octanol–water partition coefficient (Wildman–Crippen LogP) is -0.621. The van der Waals surface area contributed by atoms with E-state index in [1.54, 1.807) is 6.08 Å². The van der Waals surface area contributed by atoms with Gasteiger partial charge < -0.3 is 15.4 Å². The Labute approximate surface area is 169 Å². The van der Waals surface area contributed by atoms with Crippen molar-refractivity contribution in [2.75, 3.05) is 78.6 Å². The molecule has 2 amide bonds. The number of amides is 2. The lowest BCUT2D eigenvalue weighted by atomic mass is 10.2. The van der Waals surface area contributed by atoms with Crippen molar-refractivity contribution in [2.24, 2.45) is 5.92 Å². The molecule has 2 aliphatic rings. The highest BCUT2D eigenvalue weighted by Crippen LogP contribution is 2.07. The molecule has 0 radical (unpaired) electrons. The lowest BCUT2D eigenvalue weighted by molar-refractivity contribution is -0.125. The van der Waals surface area contributed by atoms with E-state index >= 15 is 0 Å². The van der Waals surface area contributed by atoms with Gasteiger partial charge in [-0.25, -0.2) is 0 Å². The molecule has 0 spiro atoms. The summed E-state index contributed by atoms with van der Waals surface area (Å²) in [6.07, 6.45) is 1.75. The zero-order valence-corrected chi connectivity index (χ0v) is 17.5. The van der Waals surface area contributed by atoms with Crippen LogP contribution in [0.4, 0.5) is 0 Å². The maximum atomic E-state index is 12.3. The summed E-state index contributed by atoms with van der Waals surface area (Å²) < 4.78 is 5.79. The average molecular weight is 396 g/mol. The molecule has 1 atom stereocenters. The minimum absolute atomic E-state index is 0.0186. The van der Waals surface area contributed by atoms with Crippen molar-refractivity contribution < 1.29 is 14.3 Å². The van der Waals surface area contributed by atoms with Gasteiger partial charge in [0.05, 0.1) is 25.8 Å². The van der Waals surface area contributed by atoms with Gasteiger partial charge in [-0.1, -0.05) is 19.9 Å². The van der Waals surface area contributed by atoms with E-state index in [0.717, 1.165) is 52.4 Å². The van der Waals surface area contributed by atoms with E-state index in [2.05, 4.69) is 45.8 Å². The maximum Gasteiger partial charge on any atom is 0.234 e. The highest BCUT2D eigenvalue weighted by atomic mass is 16.5. The van der Waals surface area contributed by atoms with Gasteiger partial charge >= 0.3 is 0 Å². The summed E-state index contributed by atoms with van der Waals surface area (Å²) in [5, 5.41) is 5.81. The number of hydrogen-bond acceptors (Lipinski definition) is 6. The quantitative estimate of drug-likeness (QED) is 0.480. The minimum atomic E-state index is 0.0186. The SMILES string of the molecule is C=CCNC(=O)CN1CCN(CC(=O)NCC2CN(CC(C)C)CCO2)CC1. The molecule has 2 saturated heterocycles. The second kappa shape index (κ2) is 12.2. The first-order chi connectivity index (χ1) is 13.5. The van der Waals surface area contributed by atoms with Gasteiger partial charge in [0.15, 0.2) is 0 Å². The van der Waals surface area contributed by atoms with Crippen molar-refractivity contribution in [2.45, 2.75) is 20.0 Å². The summed E-state index contributed by atoms with van der Waals surface area (Å²) >= 11 is 0. The van der Waals surface area contributed by atoms with Gasteiger partial charge in [0.1, 0.15) is 0 Å². The van der Waals surface area contributed by atoms with E-state index in [9.17, 15) is 9.59 Å². The molecule has 2 heterocycles. The van der Waals surface area contributed by atoms with E-state index in [1.807, 2.05) is 0 Å². The standard InChI is InChI=1S/C20H37N5O3/c1-4-5-21-19(26)15-23-6-8-24(9-7-23)16-20(27)22-12-18-14-25(10-11-28-18)13-17(2)3/h4,17-18H,1,5-16H2,2-3H3,(H,21,26)(H,22,27). The van der Waals surface area contributed by atoms with Gasteiger partial charge in [0, 0.05) is 58.9 Å². The van der Waals surface area contributed by atoms with Crippen molar-refractivity contribution >= 4 is 11.8 Å². The lowest BCUT2D eigenvalue weighted by Gasteiger charge is -2.35. The van der Waals surface area contributed by atoms with Gasteiger partial charge in [-0.3, -0.25) is 24.3 Å². The first kappa shape index (κ1) is 22.8. The van der Waals surface area contributed by atoms with Crippen molar-refractivity contribution in [3.8, 4) is 0 Å². The Balaban J connectivity index is 1.60. The smallest absolute Gasteiger partial charge is 0.234 e. The van der Waals surface area contributed by atoms with E-state index in [-0.39, 0.29) is 17.9 Å². The van der Waals surface area contributed by atoms with Crippen LogP contribution >= 0.6 is 0 Å². The molecule has 2 N–H and O–H groups in total. The third-order valence-electron chi connectivity index (χ3n) is 5.02. The molecule has 0 aromatic carbocycles. The second-order valence-corrected chi connectivity index (χ2v) is 8.10. The molecule has 8 nitrogen and oxygen atoms in total. The van der Waals surface area contributed by atoms with Crippen molar-refractivity contribution in [3.05, 3.63) is 12.7 Å². The molecule has 0 aliphatic carbocycles. The zero-order chi connectivity index (χ0) is 20.4. The molecule has 0 saturated carbocycles. The number of ether oxygens (including phenoxy) is 1. The van der Waals surface area contributed by atoms with Crippen molar-refractivity contribution in [3.63, 3.8) is 0 Å². The summed E-state index contributed by atoms with van der Waals surface area (Å²) in [7, 11) is 0. The van der Waals surface area contributed by atoms with Crippen LogP contribution in [0.15, 0.2) is 12.7 Å². The van der Waals surface area contributed by atoms with Crippen LogP contribution in [0.1, 0.15) is 13.8 Å². The largest absolute Gasteiger partial charge is 0.374 e. The number of morpholine rings is 1. The molecule has 0 aromatic heterocycles. The van der Waals surface area contributed by atoms with E-state index < -0.39 is 0 Å². The number of nitrogens with one attached hydrogen (secondary N) is 2.